The molecule has 2 aliphatic heterocycles. The highest BCUT2D eigenvalue weighted by molar-refractivity contribution is 8.00. The maximum absolute atomic E-state index is 12.0. The number of carboxylic acids is 1. The molecule has 2 aliphatic rings. The summed E-state index contributed by atoms with van der Waals surface area (Å²) in [5.74, 6) is -2.20. The maximum atomic E-state index is 12.0. The van der Waals surface area contributed by atoms with Crippen LogP contribution in [0, 0.1) is 0 Å². The predicted octanol–water partition coefficient (Wildman–Crippen LogP) is -1.51. The molecule has 2 atom stereocenters. The number of rotatable bonds is 4. The number of aliphatic hydroxyl groups excluding tert-OH is 1. The van der Waals surface area contributed by atoms with E-state index in [1.165, 1.54) is 18.7 Å². The van der Waals surface area contributed by atoms with Gasteiger partial charge in [-0.15, -0.1) is 11.8 Å². The van der Waals surface area contributed by atoms with Crippen molar-refractivity contribution in [3.05, 3.63) is 11.3 Å². The van der Waals surface area contributed by atoms with Gasteiger partial charge in [-0.25, -0.2) is 4.79 Å². The fourth-order valence-corrected chi connectivity index (χ4v) is 3.56. The Morgan fingerprint density at radius 3 is 2.75 bits per heavy atom. The topological polar surface area (TPSA) is 130 Å². The third-order valence-electron chi connectivity index (χ3n) is 3.20. The summed E-state index contributed by atoms with van der Waals surface area (Å²) in [6, 6.07) is 0. The Morgan fingerprint density at radius 1 is 1.60 bits per heavy atom. The highest BCUT2D eigenvalue weighted by Crippen LogP contribution is 2.44. The Hall–Kier alpha value is -1.58. The normalized spacial score (nSPS) is 28.9. The molecule has 1 amide bonds. The van der Waals surface area contributed by atoms with Crippen LogP contribution in [-0.2, 0) is 19.1 Å². The first-order chi connectivity index (χ1) is 9.32. The largest absolute Gasteiger partial charge is 0.477 e. The van der Waals surface area contributed by atoms with Crippen LogP contribution in [0.4, 0.5) is 0 Å². The molecule has 0 aliphatic carbocycles. The number of β-lactam (4-membered cyclic amide) rings is 1. The molecule has 20 heavy (non-hydrogen) atoms. The lowest BCUT2D eigenvalue weighted by molar-refractivity contribution is -0.157. The van der Waals surface area contributed by atoms with Crippen molar-refractivity contribution in [2.75, 3.05) is 19.0 Å². The van der Waals surface area contributed by atoms with Crippen molar-refractivity contribution in [3.63, 3.8) is 0 Å². The summed E-state index contributed by atoms with van der Waals surface area (Å²) in [6.45, 7) is 0.481. The number of amides is 1. The van der Waals surface area contributed by atoms with Gasteiger partial charge in [0.05, 0.1) is 6.61 Å². The molecule has 0 unspecified atom stereocenters. The number of hydrogen-bond acceptors (Lipinski definition) is 7. The summed E-state index contributed by atoms with van der Waals surface area (Å²) in [5.41, 5.74) is 4.44. The molecule has 0 saturated carbocycles. The van der Waals surface area contributed by atoms with Crippen molar-refractivity contribution < 1.29 is 29.3 Å². The number of thioether (sulfide) groups is 1. The van der Waals surface area contributed by atoms with Crippen LogP contribution in [0.2, 0.25) is 0 Å². The summed E-state index contributed by atoms with van der Waals surface area (Å²) >= 11 is 1.24. The molecule has 4 N–H and O–H groups in total. The molecule has 0 spiro atoms. The van der Waals surface area contributed by atoms with Gasteiger partial charge in [-0.3, -0.25) is 14.5 Å². The monoisotopic (exact) mass is 302 g/mol. The Kier molecular flexibility index (Phi) is 3.76. The average molecular weight is 302 g/mol. The highest BCUT2D eigenvalue weighted by atomic mass is 32.2. The zero-order valence-electron chi connectivity index (χ0n) is 10.7. The minimum atomic E-state index is -1.45. The van der Waals surface area contributed by atoms with Gasteiger partial charge in [-0.05, 0) is 0 Å². The molecule has 1 fully saturated rings. The summed E-state index contributed by atoms with van der Waals surface area (Å²) in [4.78, 5) is 35.2. The average Bonchev–Trinajstić information content (AvgIpc) is 2.42. The number of hydrogen-bond donors (Lipinski definition) is 3. The van der Waals surface area contributed by atoms with Gasteiger partial charge in [0.2, 0.25) is 0 Å². The van der Waals surface area contributed by atoms with Gasteiger partial charge in [-0.2, -0.15) is 0 Å². The van der Waals surface area contributed by atoms with Gasteiger partial charge in [-0.1, -0.05) is 0 Å². The highest BCUT2D eigenvalue weighted by Gasteiger charge is 2.62. The van der Waals surface area contributed by atoms with Crippen molar-refractivity contribution in [1.82, 2.24) is 4.90 Å². The summed E-state index contributed by atoms with van der Waals surface area (Å²) in [6.07, 6.45) is 0. The molecule has 0 aromatic rings. The molecule has 2 rings (SSSR count). The van der Waals surface area contributed by atoms with E-state index in [9.17, 15) is 24.6 Å². The standard InChI is InChI=1S/C11H14N2O6S/c1-5(15)19-2-6-3-20-10-11(12,4-14)9(18)13(10)7(6)8(16)17/h10,14H,2-4,12H2,1H3,(H,16,17)/t10-,11-/m1/s1. The number of fused-ring (bicyclic) bond motifs is 1. The SMILES string of the molecule is CC(=O)OCC1=C(C(=O)O)N2C(=O)[C@](N)(CO)[C@H]2SC1. The number of carboxylic acid groups (broad SMARTS) is 1. The van der Waals surface area contributed by atoms with Crippen LogP contribution in [0.1, 0.15) is 6.92 Å². The van der Waals surface area contributed by atoms with E-state index in [4.69, 9.17) is 10.5 Å². The van der Waals surface area contributed by atoms with Crippen molar-refractivity contribution in [3.8, 4) is 0 Å². The van der Waals surface area contributed by atoms with Crippen molar-refractivity contribution in [2.24, 2.45) is 5.73 Å². The van der Waals surface area contributed by atoms with Gasteiger partial charge in [0, 0.05) is 18.2 Å². The van der Waals surface area contributed by atoms with Gasteiger partial charge in [0.25, 0.3) is 5.91 Å². The number of aliphatic hydroxyl groups is 1. The van der Waals surface area contributed by atoms with Crippen LogP contribution < -0.4 is 5.73 Å². The summed E-state index contributed by atoms with van der Waals surface area (Å²) in [5, 5.41) is 17.8. The van der Waals surface area contributed by atoms with Crippen LogP contribution in [-0.4, -0.2) is 62.8 Å². The molecule has 1 saturated heterocycles. The Bertz CT molecular complexity index is 519. The second-order valence-corrected chi connectivity index (χ2v) is 5.64. The van der Waals surface area contributed by atoms with E-state index >= 15 is 0 Å². The number of carbonyl (C=O) groups is 3. The molecular formula is C11H14N2O6S. The van der Waals surface area contributed by atoms with Crippen LogP contribution in [0.15, 0.2) is 11.3 Å². The van der Waals surface area contributed by atoms with Gasteiger partial charge in [0.15, 0.2) is 0 Å². The van der Waals surface area contributed by atoms with E-state index < -0.39 is 35.4 Å². The molecule has 9 heteroatoms. The number of carbonyl (C=O) groups excluding carboxylic acids is 2. The Balaban J connectivity index is 2.31. The fraction of sp³-hybridized carbons (Fsp3) is 0.545. The number of esters is 1. The molecule has 110 valence electrons. The van der Waals surface area contributed by atoms with Crippen molar-refractivity contribution >= 4 is 29.6 Å². The molecule has 0 bridgehead atoms. The van der Waals surface area contributed by atoms with E-state index in [1.807, 2.05) is 0 Å². The van der Waals surface area contributed by atoms with E-state index in [1.54, 1.807) is 0 Å². The van der Waals surface area contributed by atoms with Crippen LogP contribution >= 0.6 is 11.8 Å². The van der Waals surface area contributed by atoms with E-state index in [0.717, 1.165) is 4.90 Å². The first-order valence-corrected chi connectivity index (χ1v) is 6.81. The van der Waals surface area contributed by atoms with E-state index in [2.05, 4.69) is 0 Å². The zero-order chi connectivity index (χ0) is 15.1. The summed E-state index contributed by atoms with van der Waals surface area (Å²) < 4.78 is 4.79. The van der Waals surface area contributed by atoms with Gasteiger partial charge >= 0.3 is 11.9 Å². The van der Waals surface area contributed by atoms with Gasteiger partial charge in [0.1, 0.15) is 23.2 Å². The quantitative estimate of drug-likeness (QED) is 0.422. The van der Waals surface area contributed by atoms with Crippen molar-refractivity contribution in [1.29, 1.82) is 0 Å². The lowest BCUT2D eigenvalue weighted by atomic mass is 9.88. The first-order valence-electron chi connectivity index (χ1n) is 5.76. The minimum absolute atomic E-state index is 0.183. The van der Waals surface area contributed by atoms with Crippen LogP contribution in [0.25, 0.3) is 0 Å². The zero-order valence-corrected chi connectivity index (χ0v) is 11.5. The number of ether oxygens (including phenoxy) is 1. The molecule has 0 aromatic heterocycles. The second-order valence-electron chi connectivity index (χ2n) is 4.57. The second kappa shape index (κ2) is 5.08. The van der Waals surface area contributed by atoms with Crippen LogP contribution in [0.3, 0.4) is 0 Å². The number of nitrogens with two attached hydrogens (primary N) is 1. The lowest BCUT2D eigenvalue weighted by Crippen LogP contribution is -2.79. The third kappa shape index (κ3) is 2.07. The van der Waals surface area contributed by atoms with E-state index in [-0.39, 0.29) is 18.1 Å². The van der Waals surface area contributed by atoms with Gasteiger partial charge < -0.3 is 20.7 Å². The molecule has 8 nitrogen and oxygen atoms in total. The van der Waals surface area contributed by atoms with Crippen LogP contribution in [0.5, 0.6) is 0 Å². The third-order valence-corrected chi connectivity index (χ3v) is 4.66. The van der Waals surface area contributed by atoms with E-state index in [0.29, 0.717) is 5.57 Å². The number of aliphatic carboxylic acids is 1. The Morgan fingerprint density at radius 2 is 2.25 bits per heavy atom. The van der Waals surface area contributed by atoms with Crippen molar-refractivity contribution in [2.45, 2.75) is 17.8 Å². The molecule has 2 heterocycles. The Labute approximate surface area is 118 Å². The minimum Gasteiger partial charge on any atom is -0.477 e. The smallest absolute Gasteiger partial charge is 0.352 e. The number of nitrogens with zero attached hydrogens (tertiary/aromatic N) is 1. The fourth-order valence-electron chi connectivity index (χ4n) is 2.16. The molecule has 0 radical (unpaired) electrons. The molecular weight excluding hydrogens is 288 g/mol. The first kappa shape index (κ1) is 14.8. The lowest BCUT2D eigenvalue weighted by Gasteiger charge is -2.54. The predicted molar refractivity (Wildman–Crippen MR) is 68.4 cm³/mol. The maximum Gasteiger partial charge on any atom is 0.352 e. The summed E-state index contributed by atoms with van der Waals surface area (Å²) in [7, 11) is 0. The molecule has 0 aromatic carbocycles.